The van der Waals surface area contributed by atoms with Crippen LogP contribution in [0.3, 0.4) is 0 Å². The lowest BCUT2D eigenvalue weighted by Crippen LogP contribution is -2.27. The molecule has 0 aliphatic rings. The number of ether oxygens (including phenoxy) is 1. The molecule has 1 aromatic heterocycles. The van der Waals surface area contributed by atoms with Gasteiger partial charge in [-0.1, -0.05) is 12.1 Å². The van der Waals surface area contributed by atoms with Crippen molar-refractivity contribution in [1.82, 2.24) is 9.71 Å². The molecule has 2 aromatic rings. The van der Waals surface area contributed by atoms with E-state index in [2.05, 4.69) is 9.71 Å². The van der Waals surface area contributed by atoms with Gasteiger partial charge in [0.15, 0.2) is 0 Å². The summed E-state index contributed by atoms with van der Waals surface area (Å²) in [5.41, 5.74) is 6.59. The number of nitrogens with one attached hydrogen (secondary N) is 1. The van der Waals surface area contributed by atoms with Gasteiger partial charge in [0.05, 0.1) is 7.11 Å². The van der Waals surface area contributed by atoms with Gasteiger partial charge in [0.25, 0.3) is 0 Å². The fourth-order valence-electron chi connectivity index (χ4n) is 1.83. The first kappa shape index (κ1) is 15.3. The minimum Gasteiger partial charge on any atom is -0.497 e. The quantitative estimate of drug-likeness (QED) is 0.836. The number of hydrogen-bond donors (Lipinski definition) is 2. The van der Waals surface area contributed by atoms with Crippen LogP contribution in [0, 0.1) is 0 Å². The lowest BCUT2D eigenvalue weighted by Gasteiger charge is -2.08. The van der Waals surface area contributed by atoms with Crippen LogP contribution in [-0.4, -0.2) is 27.1 Å². The Balaban J connectivity index is 1.97. The second kappa shape index (κ2) is 6.55. The van der Waals surface area contributed by atoms with Crippen molar-refractivity contribution in [3.05, 3.63) is 48.2 Å². The molecule has 0 spiro atoms. The molecular weight excluding hydrogens is 290 g/mol. The topological polar surface area (TPSA) is 94.3 Å². The van der Waals surface area contributed by atoms with Crippen LogP contribution in [0.2, 0.25) is 0 Å². The minimum absolute atomic E-state index is 0.000249. The molecule has 0 saturated carbocycles. The third kappa shape index (κ3) is 3.93. The van der Waals surface area contributed by atoms with Crippen LogP contribution in [-0.2, 0) is 16.4 Å². The molecule has 6 nitrogen and oxygen atoms in total. The number of nitrogens with zero attached hydrogens (tertiary/aromatic N) is 1. The maximum Gasteiger partial charge on any atom is 0.244 e. The van der Waals surface area contributed by atoms with E-state index in [1.807, 2.05) is 24.3 Å². The highest BCUT2D eigenvalue weighted by molar-refractivity contribution is 7.89. The van der Waals surface area contributed by atoms with E-state index in [0.717, 1.165) is 11.3 Å². The van der Waals surface area contributed by atoms with Crippen molar-refractivity contribution < 1.29 is 13.2 Å². The summed E-state index contributed by atoms with van der Waals surface area (Å²) in [6.45, 7) is 0.281. The molecule has 0 amide bonds. The van der Waals surface area contributed by atoms with Gasteiger partial charge in [-0.2, -0.15) is 0 Å². The van der Waals surface area contributed by atoms with Crippen LogP contribution in [0.25, 0.3) is 0 Å². The van der Waals surface area contributed by atoms with Crippen molar-refractivity contribution in [1.29, 1.82) is 0 Å². The SMILES string of the molecule is COc1ccc(CCNS(=O)(=O)c2cccnc2N)cc1. The first-order chi connectivity index (χ1) is 10.0. The van der Waals surface area contributed by atoms with Crippen molar-refractivity contribution in [3.63, 3.8) is 0 Å². The summed E-state index contributed by atoms with van der Waals surface area (Å²) < 4.78 is 31.8. The Bertz CT molecular complexity index is 700. The van der Waals surface area contributed by atoms with Crippen LogP contribution < -0.4 is 15.2 Å². The van der Waals surface area contributed by atoms with E-state index in [4.69, 9.17) is 10.5 Å². The highest BCUT2D eigenvalue weighted by Gasteiger charge is 2.16. The van der Waals surface area contributed by atoms with Gasteiger partial charge in [0.2, 0.25) is 10.0 Å². The van der Waals surface area contributed by atoms with E-state index in [-0.39, 0.29) is 17.3 Å². The summed E-state index contributed by atoms with van der Waals surface area (Å²) in [5.74, 6) is 0.761. The van der Waals surface area contributed by atoms with Gasteiger partial charge in [-0.3, -0.25) is 0 Å². The highest BCUT2D eigenvalue weighted by atomic mass is 32.2. The third-order valence-corrected chi connectivity index (χ3v) is 4.46. The van der Waals surface area contributed by atoms with Crippen molar-refractivity contribution in [2.45, 2.75) is 11.3 Å². The number of sulfonamides is 1. The average molecular weight is 307 g/mol. The Morgan fingerprint density at radius 1 is 1.24 bits per heavy atom. The summed E-state index contributed by atoms with van der Waals surface area (Å²) in [7, 11) is -2.04. The summed E-state index contributed by atoms with van der Waals surface area (Å²) in [5, 5.41) is 0. The third-order valence-electron chi connectivity index (χ3n) is 2.95. The molecular formula is C14H17N3O3S. The molecule has 1 heterocycles. The summed E-state index contributed by atoms with van der Waals surface area (Å²) in [4.78, 5) is 3.78. The molecule has 3 N–H and O–H groups in total. The first-order valence-electron chi connectivity index (χ1n) is 6.36. The predicted molar refractivity (Wildman–Crippen MR) is 80.5 cm³/mol. The number of benzene rings is 1. The van der Waals surface area contributed by atoms with Gasteiger partial charge < -0.3 is 10.5 Å². The van der Waals surface area contributed by atoms with E-state index in [0.29, 0.717) is 6.42 Å². The number of rotatable bonds is 6. The van der Waals surface area contributed by atoms with Crippen molar-refractivity contribution in [2.75, 3.05) is 19.4 Å². The summed E-state index contributed by atoms with van der Waals surface area (Å²) in [6, 6.07) is 10.4. The Kier molecular flexibility index (Phi) is 4.77. The molecule has 0 unspecified atom stereocenters. The molecule has 0 aliphatic heterocycles. The zero-order valence-corrected chi connectivity index (χ0v) is 12.4. The van der Waals surface area contributed by atoms with Crippen molar-refractivity contribution >= 4 is 15.8 Å². The van der Waals surface area contributed by atoms with Gasteiger partial charge in [0.1, 0.15) is 16.5 Å². The smallest absolute Gasteiger partial charge is 0.244 e. The van der Waals surface area contributed by atoms with Crippen molar-refractivity contribution in [3.8, 4) is 5.75 Å². The molecule has 112 valence electrons. The molecule has 21 heavy (non-hydrogen) atoms. The molecule has 0 fully saturated rings. The second-order valence-electron chi connectivity index (χ2n) is 4.38. The van der Waals surface area contributed by atoms with Crippen LogP contribution in [0.4, 0.5) is 5.82 Å². The lowest BCUT2D eigenvalue weighted by atomic mass is 10.1. The lowest BCUT2D eigenvalue weighted by molar-refractivity contribution is 0.414. The van der Waals surface area contributed by atoms with Crippen LogP contribution in [0.1, 0.15) is 5.56 Å². The number of hydrogen-bond acceptors (Lipinski definition) is 5. The monoisotopic (exact) mass is 307 g/mol. The number of pyridine rings is 1. The fourth-order valence-corrected chi connectivity index (χ4v) is 2.94. The van der Waals surface area contributed by atoms with E-state index in [9.17, 15) is 8.42 Å². The van der Waals surface area contributed by atoms with E-state index in [1.54, 1.807) is 7.11 Å². The molecule has 0 aliphatic carbocycles. The Labute approximate surface area is 124 Å². The van der Waals surface area contributed by atoms with E-state index in [1.165, 1.54) is 18.3 Å². The number of nitrogens with two attached hydrogens (primary N) is 1. The molecule has 1 aromatic carbocycles. The minimum atomic E-state index is -3.64. The standard InChI is InChI=1S/C14H17N3O3S/c1-20-12-6-4-11(5-7-12)8-10-17-21(18,19)13-3-2-9-16-14(13)15/h2-7,9,17H,8,10H2,1H3,(H2,15,16). The summed E-state index contributed by atoms with van der Waals surface area (Å²) >= 11 is 0. The molecule has 0 saturated heterocycles. The molecule has 7 heteroatoms. The predicted octanol–water partition coefficient (Wildman–Crippen LogP) is 1.19. The second-order valence-corrected chi connectivity index (χ2v) is 6.12. The molecule has 2 rings (SSSR count). The number of nitrogen functional groups attached to an aromatic ring is 1. The van der Waals surface area contributed by atoms with Crippen LogP contribution >= 0.6 is 0 Å². The van der Waals surface area contributed by atoms with Crippen LogP contribution in [0.5, 0.6) is 5.75 Å². The normalized spacial score (nSPS) is 11.3. The maximum absolute atomic E-state index is 12.1. The number of anilines is 1. The van der Waals surface area contributed by atoms with Gasteiger partial charge >= 0.3 is 0 Å². The van der Waals surface area contributed by atoms with Gasteiger partial charge in [-0.15, -0.1) is 0 Å². The molecule has 0 atom stereocenters. The zero-order chi connectivity index (χ0) is 15.3. The highest BCUT2D eigenvalue weighted by Crippen LogP contribution is 2.15. The molecule has 0 bridgehead atoms. The van der Waals surface area contributed by atoms with E-state index >= 15 is 0 Å². The van der Waals surface area contributed by atoms with E-state index < -0.39 is 10.0 Å². The maximum atomic E-state index is 12.1. The van der Waals surface area contributed by atoms with Gasteiger partial charge in [-0.25, -0.2) is 18.1 Å². The Morgan fingerprint density at radius 3 is 2.57 bits per heavy atom. The number of aromatic nitrogens is 1. The van der Waals surface area contributed by atoms with Gasteiger partial charge in [0, 0.05) is 12.7 Å². The summed E-state index contributed by atoms with van der Waals surface area (Å²) in [6.07, 6.45) is 2.02. The fraction of sp³-hybridized carbons (Fsp3) is 0.214. The van der Waals surface area contributed by atoms with Crippen molar-refractivity contribution in [2.24, 2.45) is 0 Å². The first-order valence-corrected chi connectivity index (χ1v) is 7.84. The average Bonchev–Trinajstić information content (AvgIpc) is 2.48. The Hall–Kier alpha value is -2.12. The number of methoxy groups -OCH3 is 1. The van der Waals surface area contributed by atoms with Gasteiger partial charge in [-0.05, 0) is 36.2 Å². The largest absolute Gasteiger partial charge is 0.497 e. The van der Waals surface area contributed by atoms with Crippen LogP contribution in [0.15, 0.2) is 47.5 Å². The molecule has 0 radical (unpaired) electrons. The zero-order valence-electron chi connectivity index (χ0n) is 11.6. The Morgan fingerprint density at radius 2 is 1.95 bits per heavy atom.